The number of hydrogen-bond donors (Lipinski definition) is 2. The summed E-state index contributed by atoms with van der Waals surface area (Å²) in [5.41, 5.74) is 3.40. The number of ketones is 1. The minimum absolute atomic E-state index is 0.0922. The highest BCUT2D eigenvalue weighted by atomic mass is 16.4. The molecule has 0 heterocycles. The van der Waals surface area contributed by atoms with Gasteiger partial charge in [0.05, 0.1) is 6.10 Å². The lowest BCUT2D eigenvalue weighted by atomic mass is 9.63. The largest absolute Gasteiger partial charge is 0.478 e. The first-order chi connectivity index (χ1) is 13.5. The van der Waals surface area contributed by atoms with Crippen LogP contribution in [-0.4, -0.2) is 28.1 Å². The Balaban J connectivity index is 1.81. The fourth-order valence-electron chi connectivity index (χ4n) is 6.24. The van der Waals surface area contributed by atoms with Gasteiger partial charge in [-0.3, -0.25) is 4.79 Å². The van der Waals surface area contributed by atoms with E-state index in [0.29, 0.717) is 23.3 Å². The number of carboxylic acids is 1. The molecule has 0 radical (unpaired) electrons. The molecular weight excluding hydrogens is 364 g/mol. The highest BCUT2D eigenvalue weighted by Gasteiger charge is 2.51. The zero-order chi connectivity index (χ0) is 21.5. The Hall–Kier alpha value is -1.68. The van der Waals surface area contributed by atoms with Crippen molar-refractivity contribution in [2.45, 2.75) is 79.2 Å². The summed E-state index contributed by atoms with van der Waals surface area (Å²) >= 11 is 0. The minimum atomic E-state index is -0.846. The Kier molecular flexibility index (Phi) is 6.24. The molecule has 160 valence electrons. The van der Waals surface area contributed by atoms with Gasteiger partial charge >= 0.3 is 5.97 Å². The summed E-state index contributed by atoms with van der Waals surface area (Å²) in [6.45, 7) is 10.3. The maximum atomic E-state index is 12.5. The minimum Gasteiger partial charge on any atom is -0.478 e. The van der Waals surface area contributed by atoms with E-state index in [2.05, 4.69) is 20.8 Å². The standard InChI is InChI=1S/C25H36O4/c1-14(7-6-8-15(2)24(28)29)18-9-10-25(5)13-19-16(3)11-22(27)23(19)17(4)21(26)12-20(18)25/h8,11,14,18-21,26H,6-7,9-10,12-13H2,1-5H3,(H,28,29)/b15-8-,23-17?/t14-,18+,19?,20-,21-,25+/m0/s1. The number of aliphatic carboxylic acids is 1. The molecule has 0 aromatic rings. The van der Waals surface area contributed by atoms with Gasteiger partial charge in [-0.1, -0.05) is 25.5 Å². The topological polar surface area (TPSA) is 74.6 Å². The smallest absolute Gasteiger partial charge is 0.330 e. The molecule has 1 saturated carbocycles. The molecule has 0 aliphatic heterocycles. The molecule has 3 rings (SSSR count). The van der Waals surface area contributed by atoms with E-state index in [-0.39, 0.29) is 17.1 Å². The number of hydrogen-bond acceptors (Lipinski definition) is 3. The number of carboxylic acid groups (broad SMARTS) is 1. The van der Waals surface area contributed by atoms with Gasteiger partial charge < -0.3 is 10.2 Å². The van der Waals surface area contributed by atoms with E-state index in [4.69, 9.17) is 5.11 Å². The maximum Gasteiger partial charge on any atom is 0.330 e. The van der Waals surface area contributed by atoms with Crippen molar-refractivity contribution in [1.29, 1.82) is 0 Å². The molecule has 0 saturated heterocycles. The number of carbonyl (C=O) groups is 2. The van der Waals surface area contributed by atoms with Crippen LogP contribution >= 0.6 is 0 Å². The number of aliphatic hydroxyl groups excluding tert-OH is 1. The van der Waals surface area contributed by atoms with E-state index in [0.717, 1.165) is 55.2 Å². The average molecular weight is 401 g/mol. The lowest BCUT2D eigenvalue weighted by molar-refractivity contribution is -0.132. The van der Waals surface area contributed by atoms with Crippen molar-refractivity contribution in [3.63, 3.8) is 0 Å². The zero-order valence-corrected chi connectivity index (χ0v) is 18.5. The van der Waals surface area contributed by atoms with Crippen LogP contribution in [0.1, 0.15) is 73.1 Å². The summed E-state index contributed by atoms with van der Waals surface area (Å²) in [7, 11) is 0. The molecule has 29 heavy (non-hydrogen) atoms. The van der Waals surface area contributed by atoms with Crippen LogP contribution in [-0.2, 0) is 9.59 Å². The molecule has 0 amide bonds. The molecule has 0 aromatic heterocycles. The van der Waals surface area contributed by atoms with Gasteiger partial charge in [-0.05, 0) is 94.1 Å². The second-order valence-electron chi connectivity index (χ2n) is 10.1. The molecular formula is C25H36O4. The van der Waals surface area contributed by atoms with Crippen molar-refractivity contribution in [3.8, 4) is 0 Å². The highest BCUT2D eigenvalue weighted by Crippen LogP contribution is 2.58. The zero-order valence-electron chi connectivity index (χ0n) is 18.5. The normalized spacial score (nSPS) is 36.3. The Labute approximate surface area is 174 Å². The molecule has 0 spiro atoms. The summed E-state index contributed by atoms with van der Waals surface area (Å²) in [6.07, 6.45) is 8.80. The summed E-state index contributed by atoms with van der Waals surface area (Å²) in [6, 6.07) is 0. The van der Waals surface area contributed by atoms with Crippen LogP contribution in [0.25, 0.3) is 0 Å². The molecule has 2 N–H and O–H groups in total. The lowest BCUT2D eigenvalue weighted by Crippen LogP contribution is -2.36. The van der Waals surface area contributed by atoms with Crippen LogP contribution < -0.4 is 0 Å². The van der Waals surface area contributed by atoms with Crippen LogP contribution in [0.2, 0.25) is 0 Å². The van der Waals surface area contributed by atoms with E-state index in [9.17, 15) is 14.7 Å². The molecule has 0 aromatic carbocycles. The predicted octanol–water partition coefficient (Wildman–Crippen LogP) is 5.08. The number of allylic oxidation sites excluding steroid dienone is 4. The summed E-state index contributed by atoms with van der Waals surface area (Å²) in [5, 5.41) is 20.0. The average Bonchev–Trinajstić information content (AvgIpc) is 3.09. The first-order valence-corrected chi connectivity index (χ1v) is 11.1. The third-order valence-electron chi connectivity index (χ3n) is 8.20. The number of carbonyl (C=O) groups excluding carboxylic acids is 1. The van der Waals surface area contributed by atoms with Crippen LogP contribution in [0.4, 0.5) is 0 Å². The van der Waals surface area contributed by atoms with Gasteiger partial charge in [-0.2, -0.15) is 0 Å². The van der Waals surface area contributed by atoms with Crippen LogP contribution in [0.3, 0.4) is 0 Å². The molecule has 4 nitrogen and oxygen atoms in total. The van der Waals surface area contributed by atoms with Crippen molar-refractivity contribution in [2.75, 3.05) is 0 Å². The van der Waals surface area contributed by atoms with Crippen molar-refractivity contribution in [1.82, 2.24) is 0 Å². The Bertz CT molecular complexity index is 787. The van der Waals surface area contributed by atoms with Crippen LogP contribution in [0.15, 0.2) is 34.4 Å². The predicted molar refractivity (Wildman–Crippen MR) is 114 cm³/mol. The summed E-state index contributed by atoms with van der Waals surface area (Å²) in [4.78, 5) is 23.5. The van der Waals surface area contributed by atoms with Gasteiger partial charge in [0.1, 0.15) is 0 Å². The molecule has 4 heteroatoms. The maximum absolute atomic E-state index is 12.5. The van der Waals surface area contributed by atoms with Crippen molar-refractivity contribution in [2.24, 2.45) is 29.1 Å². The third kappa shape index (κ3) is 4.14. The molecule has 0 bridgehead atoms. The second kappa shape index (κ2) is 8.22. The quantitative estimate of drug-likeness (QED) is 0.631. The van der Waals surface area contributed by atoms with E-state index in [1.54, 1.807) is 13.0 Å². The molecule has 1 unspecified atom stereocenters. The first kappa shape index (κ1) is 22.0. The number of aliphatic hydroxyl groups is 1. The summed E-state index contributed by atoms with van der Waals surface area (Å²) < 4.78 is 0. The SMILES string of the molecule is CC1=CC(=O)C2=C(C)[C@@H](O)C[C@H]3[C@@H]([C@@H](C)CC/C=C(/C)C(=O)O)CC[C@]3(C)CC12. The molecule has 3 aliphatic carbocycles. The van der Waals surface area contributed by atoms with E-state index >= 15 is 0 Å². The highest BCUT2D eigenvalue weighted by molar-refractivity contribution is 6.08. The van der Waals surface area contributed by atoms with Gasteiger partial charge in [0.25, 0.3) is 0 Å². The van der Waals surface area contributed by atoms with E-state index in [1.807, 2.05) is 13.0 Å². The van der Waals surface area contributed by atoms with Gasteiger partial charge in [-0.25, -0.2) is 4.79 Å². The monoisotopic (exact) mass is 400 g/mol. The van der Waals surface area contributed by atoms with Crippen molar-refractivity contribution >= 4 is 11.8 Å². The molecule has 3 aliphatic rings. The van der Waals surface area contributed by atoms with Gasteiger partial charge in [-0.15, -0.1) is 0 Å². The van der Waals surface area contributed by atoms with E-state index in [1.165, 1.54) is 0 Å². The second-order valence-corrected chi connectivity index (χ2v) is 10.1. The fourth-order valence-corrected chi connectivity index (χ4v) is 6.24. The third-order valence-corrected chi connectivity index (χ3v) is 8.20. The van der Waals surface area contributed by atoms with Crippen LogP contribution in [0.5, 0.6) is 0 Å². The van der Waals surface area contributed by atoms with Gasteiger partial charge in [0.2, 0.25) is 0 Å². The van der Waals surface area contributed by atoms with E-state index < -0.39 is 12.1 Å². The number of rotatable bonds is 5. The van der Waals surface area contributed by atoms with Gasteiger partial charge in [0, 0.05) is 17.1 Å². The Morgan fingerprint density at radius 1 is 1.38 bits per heavy atom. The number of fused-ring (bicyclic) bond motifs is 2. The van der Waals surface area contributed by atoms with Crippen molar-refractivity contribution in [3.05, 3.63) is 34.4 Å². The Morgan fingerprint density at radius 2 is 2.07 bits per heavy atom. The lowest BCUT2D eigenvalue weighted by Gasteiger charge is -2.42. The Morgan fingerprint density at radius 3 is 2.72 bits per heavy atom. The molecule has 1 fully saturated rings. The molecule has 6 atom stereocenters. The van der Waals surface area contributed by atoms with Crippen molar-refractivity contribution < 1.29 is 19.8 Å². The fraction of sp³-hybridized carbons (Fsp3) is 0.680. The van der Waals surface area contributed by atoms with Gasteiger partial charge in [0.15, 0.2) is 5.78 Å². The summed E-state index contributed by atoms with van der Waals surface area (Å²) in [5.74, 6) is 0.842. The van der Waals surface area contributed by atoms with Crippen LogP contribution in [0, 0.1) is 29.1 Å². The first-order valence-electron chi connectivity index (χ1n) is 11.1.